The minimum Gasteiger partial charge on any atom is -0.381 e. The summed E-state index contributed by atoms with van der Waals surface area (Å²) in [6.45, 7) is 7.94. The van der Waals surface area contributed by atoms with Crippen molar-refractivity contribution in [1.82, 2.24) is 4.90 Å². The van der Waals surface area contributed by atoms with Crippen LogP contribution in [0, 0.1) is 17.8 Å². The van der Waals surface area contributed by atoms with Crippen molar-refractivity contribution in [3.05, 3.63) is 0 Å². The average molecular weight is 225 g/mol. The van der Waals surface area contributed by atoms with Gasteiger partial charge in [0.15, 0.2) is 0 Å². The molecule has 2 rings (SSSR count). The van der Waals surface area contributed by atoms with E-state index >= 15 is 0 Å². The molecule has 0 N–H and O–H groups in total. The van der Waals surface area contributed by atoms with Gasteiger partial charge in [0.1, 0.15) is 0 Å². The Labute approximate surface area is 98.1 Å². The Balaban J connectivity index is 1.92. The molecule has 0 aromatic rings. The fourth-order valence-corrected chi connectivity index (χ4v) is 3.05. The first kappa shape index (κ1) is 11.9. The largest absolute Gasteiger partial charge is 0.381 e. The maximum absolute atomic E-state index is 12.3. The molecule has 0 bridgehead atoms. The van der Waals surface area contributed by atoms with Crippen LogP contribution in [0.1, 0.15) is 33.1 Å². The molecule has 0 radical (unpaired) electrons. The Morgan fingerprint density at radius 1 is 1.12 bits per heavy atom. The Hall–Kier alpha value is -0.570. The minimum absolute atomic E-state index is 0.228. The van der Waals surface area contributed by atoms with Gasteiger partial charge in [-0.2, -0.15) is 0 Å². The lowest BCUT2D eigenvalue weighted by atomic mass is 9.90. The molecule has 0 saturated carbocycles. The topological polar surface area (TPSA) is 29.5 Å². The number of carbonyl (C=O) groups is 1. The van der Waals surface area contributed by atoms with Gasteiger partial charge in [0.25, 0.3) is 0 Å². The van der Waals surface area contributed by atoms with Crippen LogP contribution in [-0.2, 0) is 9.53 Å². The second-order valence-corrected chi connectivity index (χ2v) is 5.58. The van der Waals surface area contributed by atoms with Crippen LogP contribution < -0.4 is 0 Å². The SMILES string of the molecule is CC1CC(C)CN(C(=O)C2CCOCC2)C1. The lowest BCUT2D eigenvalue weighted by Crippen LogP contribution is -2.46. The fraction of sp³-hybridized carbons (Fsp3) is 0.923. The monoisotopic (exact) mass is 225 g/mol. The number of ether oxygens (including phenoxy) is 1. The van der Waals surface area contributed by atoms with E-state index in [-0.39, 0.29) is 5.92 Å². The van der Waals surface area contributed by atoms with E-state index in [1.54, 1.807) is 0 Å². The number of carbonyl (C=O) groups excluding carboxylic acids is 1. The smallest absolute Gasteiger partial charge is 0.225 e. The maximum atomic E-state index is 12.3. The van der Waals surface area contributed by atoms with Crippen LogP contribution in [0.4, 0.5) is 0 Å². The average Bonchev–Trinajstić information content (AvgIpc) is 2.28. The van der Waals surface area contributed by atoms with E-state index in [2.05, 4.69) is 18.7 Å². The van der Waals surface area contributed by atoms with Gasteiger partial charge in [-0.15, -0.1) is 0 Å². The maximum Gasteiger partial charge on any atom is 0.225 e. The van der Waals surface area contributed by atoms with Gasteiger partial charge in [0, 0.05) is 32.2 Å². The van der Waals surface area contributed by atoms with E-state index in [1.165, 1.54) is 6.42 Å². The van der Waals surface area contributed by atoms with E-state index in [9.17, 15) is 4.79 Å². The summed E-state index contributed by atoms with van der Waals surface area (Å²) in [5.41, 5.74) is 0. The van der Waals surface area contributed by atoms with Crippen LogP contribution in [0.15, 0.2) is 0 Å². The number of piperidine rings is 1. The number of hydrogen-bond acceptors (Lipinski definition) is 2. The molecule has 3 heteroatoms. The molecule has 2 atom stereocenters. The van der Waals surface area contributed by atoms with Gasteiger partial charge in [-0.3, -0.25) is 4.79 Å². The Kier molecular flexibility index (Phi) is 3.85. The summed E-state index contributed by atoms with van der Waals surface area (Å²) in [5.74, 6) is 1.92. The lowest BCUT2D eigenvalue weighted by Gasteiger charge is -2.37. The zero-order valence-electron chi connectivity index (χ0n) is 10.4. The highest BCUT2D eigenvalue weighted by molar-refractivity contribution is 5.79. The molecule has 92 valence electrons. The first-order chi connectivity index (χ1) is 7.66. The third-order valence-corrected chi connectivity index (χ3v) is 3.75. The van der Waals surface area contributed by atoms with Crippen LogP contribution in [0.25, 0.3) is 0 Å². The van der Waals surface area contributed by atoms with Gasteiger partial charge in [-0.05, 0) is 31.1 Å². The van der Waals surface area contributed by atoms with Gasteiger partial charge < -0.3 is 9.64 Å². The predicted octanol–water partition coefficient (Wildman–Crippen LogP) is 1.92. The van der Waals surface area contributed by atoms with Crippen LogP contribution in [0.3, 0.4) is 0 Å². The summed E-state index contributed by atoms with van der Waals surface area (Å²) in [6, 6.07) is 0. The van der Waals surface area contributed by atoms with Crippen molar-refractivity contribution >= 4 is 5.91 Å². The summed E-state index contributed by atoms with van der Waals surface area (Å²) >= 11 is 0. The van der Waals surface area contributed by atoms with Crippen molar-refractivity contribution in [2.75, 3.05) is 26.3 Å². The number of likely N-dealkylation sites (tertiary alicyclic amines) is 1. The fourth-order valence-electron chi connectivity index (χ4n) is 3.05. The number of nitrogens with zero attached hydrogens (tertiary/aromatic N) is 1. The third kappa shape index (κ3) is 2.76. The highest BCUT2D eigenvalue weighted by atomic mass is 16.5. The number of hydrogen-bond donors (Lipinski definition) is 0. The van der Waals surface area contributed by atoms with Gasteiger partial charge in [0.05, 0.1) is 0 Å². The Bertz CT molecular complexity index is 238. The van der Waals surface area contributed by atoms with E-state index in [0.717, 1.165) is 39.1 Å². The Morgan fingerprint density at radius 2 is 1.69 bits per heavy atom. The van der Waals surface area contributed by atoms with Gasteiger partial charge in [-0.1, -0.05) is 13.8 Å². The summed E-state index contributed by atoms with van der Waals surface area (Å²) in [5, 5.41) is 0. The first-order valence-corrected chi connectivity index (χ1v) is 6.53. The third-order valence-electron chi connectivity index (χ3n) is 3.75. The van der Waals surface area contributed by atoms with Crippen molar-refractivity contribution in [3.8, 4) is 0 Å². The summed E-state index contributed by atoms with van der Waals surface area (Å²) in [6.07, 6.45) is 3.09. The quantitative estimate of drug-likeness (QED) is 0.682. The molecule has 0 aromatic carbocycles. The second kappa shape index (κ2) is 5.17. The molecule has 2 saturated heterocycles. The van der Waals surface area contributed by atoms with E-state index in [4.69, 9.17) is 4.74 Å². The molecular formula is C13H23NO2. The van der Waals surface area contributed by atoms with Crippen molar-refractivity contribution in [2.45, 2.75) is 33.1 Å². The van der Waals surface area contributed by atoms with Gasteiger partial charge in [-0.25, -0.2) is 0 Å². The van der Waals surface area contributed by atoms with E-state index < -0.39 is 0 Å². The zero-order valence-corrected chi connectivity index (χ0v) is 10.4. The molecule has 2 aliphatic heterocycles. The molecule has 2 heterocycles. The first-order valence-electron chi connectivity index (χ1n) is 6.53. The van der Waals surface area contributed by atoms with Crippen molar-refractivity contribution in [2.24, 2.45) is 17.8 Å². The molecular weight excluding hydrogens is 202 g/mol. The molecule has 0 spiro atoms. The second-order valence-electron chi connectivity index (χ2n) is 5.58. The van der Waals surface area contributed by atoms with Gasteiger partial charge >= 0.3 is 0 Å². The molecule has 2 fully saturated rings. The van der Waals surface area contributed by atoms with E-state index in [1.807, 2.05) is 0 Å². The van der Waals surface area contributed by atoms with Crippen LogP contribution in [0.2, 0.25) is 0 Å². The molecule has 0 aliphatic carbocycles. The highest BCUT2D eigenvalue weighted by Crippen LogP contribution is 2.25. The van der Waals surface area contributed by atoms with Crippen molar-refractivity contribution < 1.29 is 9.53 Å². The molecule has 0 aromatic heterocycles. The molecule has 2 aliphatic rings. The lowest BCUT2D eigenvalue weighted by molar-refractivity contribution is -0.141. The summed E-state index contributed by atoms with van der Waals surface area (Å²) in [7, 11) is 0. The van der Waals surface area contributed by atoms with Crippen LogP contribution >= 0.6 is 0 Å². The number of rotatable bonds is 1. The number of amides is 1. The van der Waals surface area contributed by atoms with Crippen molar-refractivity contribution in [3.63, 3.8) is 0 Å². The Morgan fingerprint density at radius 3 is 2.25 bits per heavy atom. The van der Waals surface area contributed by atoms with Crippen LogP contribution in [-0.4, -0.2) is 37.1 Å². The highest BCUT2D eigenvalue weighted by Gasteiger charge is 2.30. The van der Waals surface area contributed by atoms with Gasteiger partial charge in [0.2, 0.25) is 5.91 Å². The standard InChI is InChI=1S/C13H23NO2/c1-10-7-11(2)9-14(8-10)13(15)12-3-5-16-6-4-12/h10-12H,3-9H2,1-2H3. The zero-order chi connectivity index (χ0) is 11.5. The van der Waals surface area contributed by atoms with Crippen molar-refractivity contribution in [1.29, 1.82) is 0 Å². The van der Waals surface area contributed by atoms with E-state index in [0.29, 0.717) is 17.7 Å². The molecule has 16 heavy (non-hydrogen) atoms. The predicted molar refractivity (Wildman–Crippen MR) is 63.1 cm³/mol. The molecule has 2 unspecified atom stereocenters. The summed E-state index contributed by atoms with van der Waals surface area (Å²) < 4.78 is 5.31. The summed E-state index contributed by atoms with van der Waals surface area (Å²) in [4.78, 5) is 14.4. The molecule has 3 nitrogen and oxygen atoms in total. The normalized spacial score (nSPS) is 32.8. The van der Waals surface area contributed by atoms with Crippen LogP contribution in [0.5, 0.6) is 0 Å². The minimum atomic E-state index is 0.228. The molecule has 1 amide bonds.